The summed E-state index contributed by atoms with van der Waals surface area (Å²) in [6.45, 7) is 2.51. The fourth-order valence-corrected chi connectivity index (χ4v) is 1.17. The minimum absolute atomic E-state index is 0.111. The number of carbonyl (C=O) groups is 2. The summed E-state index contributed by atoms with van der Waals surface area (Å²) in [7, 11) is 1.71. The zero-order chi connectivity index (χ0) is 11.4. The van der Waals surface area contributed by atoms with Crippen LogP contribution in [0.1, 0.15) is 27.6 Å². The van der Waals surface area contributed by atoms with Crippen molar-refractivity contribution in [3.63, 3.8) is 0 Å². The lowest BCUT2D eigenvalue weighted by molar-refractivity contribution is 0.0802. The Kier molecular flexibility index (Phi) is 3.44. The van der Waals surface area contributed by atoms with Gasteiger partial charge in [0.2, 0.25) is 5.91 Å². The first-order chi connectivity index (χ1) is 7.06. The smallest absolute Gasteiger partial charge is 0.253 e. The van der Waals surface area contributed by atoms with Gasteiger partial charge < -0.3 is 10.6 Å². The number of nitrogens with zero attached hydrogens (tertiary/aromatic N) is 1. The normalized spacial score (nSPS) is 9.73. The van der Waals surface area contributed by atoms with Gasteiger partial charge in [-0.05, 0) is 25.1 Å². The van der Waals surface area contributed by atoms with Crippen LogP contribution in [0.3, 0.4) is 0 Å². The standard InChI is InChI=1S/C11H14N2O2/c1-3-13(2)11(15)9-6-4-5-8(7-9)10(12)14/h4-7H,3H2,1-2H3,(H2,12,14). The summed E-state index contributed by atoms with van der Waals surface area (Å²) < 4.78 is 0. The molecule has 4 nitrogen and oxygen atoms in total. The summed E-state index contributed by atoms with van der Waals surface area (Å²) in [6.07, 6.45) is 0. The molecular formula is C11H14N2O2. The summed E-state index contributed by atoms with van der Waals surface area (Å²) in [5.41, 5.74) is 5.96. The highest BCUT2D eigenvalue weighted by Crippen LogP contribution is 2.07. The monoisotopic (exact) mass is 206 g/mol. The quantitative estimate of drug-likeness (QED) is 0.797. The fourth-order valence-electron chi connectivity index (χ4n) is 1.17. The van der Waals surface area contributed by atoms with Gasteiger partial charge in [0.1, 0.15) is 0 Å². The SMILES string of the molecule is CCN(C)C(=O)c1cccc(C(N)=O)c1. The summed E-state index contributed by atoms with van der Waals surface area (Å²) >= 11 is 0. The van der Waals surface area contributed by atoms with Gasteiger partial charge in [-0.3, -0.25) is 9.59 Å². The second-order valence-electron chi connectivity index (χ2n) is 3.26. The third-order valence-corrected chi connectivity index (χ3v) is 2.22. The first-order valence-electron chi connectivity index (χ1n) is 4.71. The van der Waals surface area contributed by atoms with E-state index in [1.165, 1.54) is 6.07 Å². The van der Waals surface area contributed by atoms with Crippen LogP contribution in [0.15, 0.2) is 24.3 Å². The summed E-state index contributed by atoms with van der Waals surface area (Å²) in [5.74, 6) is -0.635. The third kappa shape index (κ3) is 2.56. The van der Waals surface area contributed by atoms with Crippen molar-refractivity contribution in [3.8, 4) is 0 Å². The van der Waals surface area contributed by atoms with Crippen LogP contribution in [0.25, 0.3) is 0 Å². The second-order valence-corrected chi connectivity index (χ2v) is 3.26. The minimum atomic E-state index is -0.524. The van der Waals surface area contributed by atoms with Gasteiger partial charge in [0, 0.05) is 24.7 Å². The molecule has 2 amide bonds. The van der Waals surface area contributed by atoms with Gasteiger partial charge in [-0.1, -0.05) is 6.07 Å². The number of hydrogen-bond acceptors (Lipinski definition) is 2. The van der Waals surface area contributed by atoms with E-state index < -0.39 is 5.91 Å². The van der Waals surface area contributed by atoms with E-state index in [1.54, 1.807) is 30.1 Å². The third-order valence-electron chi connectivity index (χ3n) is 2.22. The van der Waals surface area contributed by atoms with E-state index in [4.69, 9.17) is 5.73 Å². The Labute approximate surface area is 88.7 Å². The van der Waals surface area contributed by atoms with Gasteiger partial charge in [0.15, 0.2) is 0 Å². The molecule has 2 N–H and O–H groups in total. The molecule has 1 aromatic carbocycles. The van der Waals surface area contributed by atoms with E-state index in [2.05, 4.69) is 0 Å². The van der Waals surface area contributed by atoms with Crippen LogP contribution >= 0.6 is 0 Å². The first kappa shape index (κ1) is 11.2. The Morgan fingerprint density at radius 2 is 1.93 bits per heavy atom. The maximum Gasteiger partial charge on any atom is 0.253 e. The van der Waals surface area contributed by atoms with Crippen LogP contribution < -0.4 is 5.73 Å². The number of hydrogen-bond donors (Lipinski definition) is 1. The highest BCUT2D eigenvalue weighted by molar-refractivity contribution is 5.98. The van der Waals surface area contributed by atoms with E-state index in [0.717, 1.165) is 0 Å². The van der Waals surface area contributed by atoms with Crippen molar-refractivity contribution in [2.24, 2.45) is 5.73 Å². The topological polar surface area (TPSA) is 63.4 Å². The predicted octanol–water partition coefficient (Wildman–Crippen LogP) is 0.877. The van der Waals surface area contributed by atoms with Crippen LogP contribution in [0.4, 0.5) is 0 Å². The lowest BCUT2D eigenvalue weighted by Gasteiger charge is -2.14. The Morgan fingerprint density at radius 3 is 2.47 bits per heavy atom. The highest BCUT2D eigenvalue weighted by atomic mass is 16.2. The van der Waals surface area contributed by atoms with E-state index in [9.17, 15) is 9.59 Å². The zero-order valence-corrected chi connectivity index (χ0v) is 8.86. The van der Waals surface area contributed by atoms with E-state index in [-0.39, 0.29) is 5.91 Å². The maximum absolute atomic E-state index is 11.7. The summed E-state index contributed by atoms with van der Waals surface area (Å²) in [6, 6.07) is 6.42. The molecule has 1 rings (SSSR count). The molecule has 0 aromatic heterocycles. The molecule has 0 aliphatic carbocycles. The van der Waals surface area contributed by atoms with Crippen molar-refractivity contribution in [2.45, 2.75) is 6.92 Å². The molecule has 4 heteroatoms. The molecular weight excluding hydrogens is 192 g/mol. The minimum Gasteiger partial charge on any atom is -0.366 e. The lowest BCUT2D eigenvalue weighted by atomic mass is 10.1. The van der Waals surface area contributed by atoms with Crippen molar-refractivity contribution in [1.29, 1.82) is 0 Å². The number of rotatable bonds is 3. The van der Waals surface area contributed by atoms with Crippen molar-refractivity contribution < 1.29 is 9.59 Å². The molecule has 15 heavy (non-hydrogen) atoms. The second kappa shape index (κ2) is 4.59. The van der Waals surface area contributed by atoms with Gasteiger partial charge in [-0.25, -0.2) is 0 Å². The van der Waals surface area contributed by atoms with Crippen LogP contribution in [0.5, 0.6) is 0 Å². The Morgan fingerprint density at radius 1 is 1.33 bits per heavy atom. The Hall–Kier alpha value is -1.84. The molecule has 0 saturated carbocycles. The molecule has 80 valence electrons. The van der Waals surface area contributed by atoms with Gasteiger partial charge in [0.05, 0.1) is 0 Å². The highest BCUT2D eigenvalue weighted by Gasteiger charge is 2.11. The lowest BCUT2D eigenvalue weighted by Crippen LogP contribution is -2.26. The van der Waals surface area contributed by atoms with Crippen molar-refractivity contribution in [1.82, 2.24) is 4.90 Å². The molecule has 0 atom stereocenters. The maximum atomic E-state index is 11.7. The number of benzene rings is 1. The van der Waals surface area contributed by atoms with Crippen LogP contribution in [0, 0.1) is 0 Å². The average molecular weight is 206 g/mol. The molecule has 0 unspecified atom stereocenters. The Balaban J connectivity index is 3.00. The van der Waals surface area contributed by atoms with Crippen molar-refractivity contribution in [2.75, 3.05) is 13.6 Å². The van der Waals surface area contributed by atoms with E-state index >= 15 is 0 Å². The van der Waals surface area contributed by atoms with E-state index in [0.29, 0.717) is 17.7 Å². The molecule has 0 heterocycles. The van der Waals surface area contributed by atoms with Crippen LogP contribution in [-0.2, 0) is 0 Å². The van der Waals surface area contributed by atoms with E-state index in [1.807, 2.05) is 6.92 Å². The molecule has 0 bridgehead atoms. The molecule has 0 saturated heterocycles. The molecule has 0 aliphatic heterocycles. The average Bonchev–Trinajstić information content (AvgIpc) is 2.27. The van der Waals surface area contributed by atoms with Gasteiger partial charge in [-0.15, -0.1) is 0 Å². The number of nitrogens with two attached hydrogens (primary N) is 1. The summed E-state index contributed by atoms with van der Waals surface area (Å²) in [5, 5.41) is 0. The predicted molar refractivity (Wildman–Crippen MR) is 57.6 cm³/mol. The molecule has 0 radical (unpaired) electrons. The molecule has 0 aliphatic rings. The molecule has 0 fully saturated rings. The summed E-state index contributed by atoms with van der Waals surface area (Å²) in [4.78, 5) is 24.2. The van der Waals surface area contributed by atoms with Crippen molar-refractivity contribution >= 4 is 11.8 Å². The molecule has 0 spiro atoms. The fraction of sp³-hybridized carbons (Fsp3) is 0.273. The zero-order valence-electron chi connectivity index (χ0n) is 8.86. The van der Waals surface area contributed by atoms with Gasteiger partial charge >= 0.3 is 0 Å². The van der Waals surface area contributed by atoms with Crippen LogP contribution in [0.2, 0.25) is 0 Å². The number of amides is 2. The number of carbonyl (C=O) groups excluding carboxylic acids is 2. The van der Waals surface area contributed by atoms with Crippen LogP contribution in [-0.4, -0.2) is 30.3 Å². The van der Waals surface area contributed by atoms with Gasteiger partial charge in [-0.2, -0.15) is 0 Å². The molecule has 1 aromatic rings. The first-order valence-corrected chi connectivity index (χ1v) is 4.71. The Bertz CT molecular complexity index is 388. The van der Waals surface area contributed by atoms with Gasteiger partial charge in [0.25, 0.3) is 5.91 Å². The largest absolute Gasteiger partial charge is 0.366 e. The van der Waals surface area contributed by atoms with Crippen molar-refractivity contribution in [3.05, 3.63) is 35.4 Å². The number of primary amides is 1.